The highest BCUT2D eigenvalue weighted by Gasteiger charge is 2.41. The lowest BCUT2D eigenvalue weighted by atomic mass is 9.63. The first-order valence-electron chi connectivity index (χ1n) is 8.95. The van der Waals surface area contributed by atoms with Crippen LogP contribution in [0.25, 0.3) is 0 Å². The van der Waals surface area contributed by atoms with E-state index in [2.05, 4.69) is 102 Å². The van der Waals surface area contributed by atoms with Crippen LogP contribution in [-0.4, -0.2) is 6.21 Å². The topological polar surface area (TPSA) is 38.4 Å². The average molecular weight is 338 g/mol. The second kappa shape index (κ2) is 7.11. The molecule has 1 aliphatic rings. The van der Waals surface area contributed by atoms with E-state index in [0.29, 0.717) is 6.54 Å². The Morgan fingerprint density at radius 3 is 2.08 bits per heavy atom. The minimum Gasteiger partial charge on any atom is -0.326 e. The number of nitrogens with two attached hydrogens (primary N) is 1. The van der Waals surface area contributed by atoms with E-state index in [4.69, 9.17) is 5.73 Å². The summed E-state index contributed by atoms with van der Waals surface area (Å²) in [6.07, 6.45) is 6.22. The molecule has 2 heteroatoms. The summed E-state index contributed by atoms with van der Waals surface area (Å²) in [6, 6.07) is 29.9. The zero-order valence-corrected chi connectivity index (χ0v) is 14.6. The van der Waals surface area contributed by atoms with E-state index < -0.39 is 0 Å². The normalized spacial score (nSPS) is 18.0. The van der Waals surface area contributed by atoms with Gasteiger partial charge in [0.15, 0.2) is 0 Å². The molecule has 0 aromatic heterocycles. The molecule has 1 unspecified atom stereocenters. The molecular formula is C24H22N2. The zero-order valence-electron chi connectivity index (χ0n) is 14.6. The van der Waals surface area contributed by atoms with Crippen LogP contribution in [0, 0.1) is 0 Å². The van der Waals surface area contributed by atoms with Crippen molar-refractivity contribution in [3.8, 4) is 0 Å². The molecule has 0 spiro atoms. The van der Waals surface area contributed by atoms with E-state index >= 15 is 0 Å². The maximum atomic E-state index is 5.89. The quantitative estimate of drug-likeness (QED) is 0.728. The van der Waals surface area contributed by atoms with E-state index in [1.54, 1.807) is 0 Å². The van der Waals surface area contributed by atoms with Crippen LogP contribution in [0.4, 0.5) is 0 Å². The fourth-order valence-electron chi connectivity index (χ4n) is 3.93. The van der Waals surface area contributed by atoms with Gasteiger partial charge in [-0.2, -0.15) is 0 Å². The van der Waals surface area contributed by atoms with E-state index in [1.807, 2.05) is 6.20 Å². The van der Waals surface area contributed by atoms with Gasteiger partial charge in [0.1, 0.15) is 0 Å². The summed E-state index contributed by atoms with van der Waals surface area (Å²) in [5, 5.41) is 0. The molecule has 3 aromatic carbocycles. The SMILES string of the molecule is NCc1cccc(C2C=NC=CC2(c2ccccc2)c2ccccc2)c1. The molecule has 1 aliphatic heterocycles. The first-order valence-corrected chi connectivity index (χ1v) is 8.95. The molecule has 1 atom stereocenters. The molecule has 0 saturated carbocycles. The van der Waals surface area contributed by atoms with Crippen LogP contribution >= 0.6 is 0 Å². The molecule has 4 rings (SSSR count). The van der Waals surface area contributed by atoms with Gasteiger partial charge in [-0.25, -0.2) is 0 Å². The van der Waals surface area contributed by atoms with E-state index in [9.17, 15) is 0 Å². The van der Waals surface area contributed by atoms with Crippen molar-refractivity contribution in [3.63, 3.8) is 0 Å². The van der Waals surface area contributed by atoms with E-state index in [-0.39, 0.29) is 11.3 Å². The van der Waals surface area contributed by atoms with Crippen LogP contribution in [-0.2, 0) is 12.0 Å². The van der Waals surface area contributed by atoms with Gasteiger partial charge in [0.25, 0.3) is 0 Å². The van der Waals surface area contributed by atoms with Crippen LogP contribution in [0.2, 0.25) is 0 Å². The molecule has 3 aromatic rings. The summed E-state index contributed by atoms with van der Waals surface area (Å²) in [4.78, 5) is 4.50. The molecule has 2 nitrogen and oxygen atoms in total. The summed E-state index contributed by atoms with van der Waals surface area (Å²) in [6.45, 7) is 0.539. The van der Waals surface area contributed by atoms with Crippen molar-refractivity contribution >= 4 is 6.21 Å². The van der Waals surface area contributed by atoms with Crippen molar-refractivity contribution < 1.29 is 0 Å². The number of nitrogens with zero attached hydrogens (tertiary/aromatic N) is 1. The molecule has 1 heterocycles. The van der Waals surface area contributed by atoms with Crippen molar-refractivity contribution in [2.45, 2.75) is 17.9 Å². The van der Waals surface area contributed by atoms with Crippen molar-refractivity contribution in [1.82, 2.24) is 0 Å². The smallest absolute Gasteiger partial charge is 0.0517 e. The van der Waals surface area contributed by atoms with Crippen LogP contribution in [0.1, 0.15) is 28.2 Å². The number of hydrogen-bond acceptors (Lipinski definition) is 2. The fraction of sp³-hybridized carbons (Fsp3) is 0.125. The summed E-state index contributed by atoms with van der Waals surface area (Å²) >= 11 is 0. The van der Waals surface area contributed by atoms with Gasteiger partial charge in [0, 0.05) is 24.9 Å². The van der Waals surface area contributed by atoms with Gasteiger partial charge < -0.3 is 5.73 Å². The van der Waals surface area contributed by atoms with Gasteiger partial charge in [-0.3, -0.25) is 4.99 Å². The predicted molar refractivity (Wildman–Crippen MR) is 108 cm³/mol. The van der Waals surface area contributed by atoms with E-state index in [0.717, 1.165) is 5.56 Å². The second-order valence-electron chi connectivity index (χ2n) is 6.64. The molecule has 0 radical (unpaired) electrons. The Balaban J connectivity index is 1.96. The third kappa shape index (κ3) is 2.79. The zero-order chi connectivity index (χ0) is 17.8. The number of aliphatic imine (C=N–C) groups is 1. The lowest BCUT2D eigenvalue weighted by Crippen LogP contribution is -2.35. The summed E-state index contributed by atoms with van der Waals surface area (Å²) in [7, 11) is 0. The minimum absolute atomic E-state index is 0.101. The molecule has 0 aliphatic carbocycles. The van der Waals surface area contributed by atoms with Gasteiger partial charge in [-0.05, 0) is 22.3 Å². The fourth-order valence-corrected chi connectivity index (χ4v) is 3.93. The van der Waals surface area contributed by atoms with Gasteiger partial charge in [0.2, 0.25) is 0 Å². The highest BCUT2D eigenvalue weighted by atomic mass is 14.7. The molecule has 0 amide bonds. The Bertz CT molecular complexity index is 887. The van der Waals surface area contributed by atoms with Gasteiger partial charge in [-0.15, -0.1) is 0 Å². The third-order valence-corrected chi connectivity index (χ3v) is 5.20. The largest absolute Gasteiger partial charge is 0.326 e. The average Bonchev–Trinajstić information content (AvgIpc) is 2.75. The van der Waals surface area contributed by atoms with Gasteiger partial charge in [0.05, 0.1) is 5.41 Å². The number of hydrogen-bond donors (Lipinski definition) is 1. The van der Waals surface area contributed by atoms with Gasteiger partial charge in [-0.1, -0.05) is 91.0 Å². The third-order valence-electron chi connectivity index (χ3n) is 5.20. The Morgan fingerprint density at radius 1 is 0.808 bits per heavy atom. The molecule has 0 fully saturated rings. The second-order valence-corrected chi connectivity index (χ2v) is 6.64. The summed E-state index contributed by atoms with van der Waals surface area (Å²) in [5.74, 6) is 0.101. The summed E-state index contributed by atoms with van der Waals surface area (Å²) < 4.78 is 0. The van der Waals surface area contributed by atoms with Crippen LogP contribution in [0.3, 0.4) is 0 Å². The standard InChI is InChI=1S/C24H22N2/c25-17-19-8-7-9-20(16-19)23-18-26-15-14-24(23,21-10-3-1-4-11-21)22-12-5-2-6-13-22/h1-16,18,23H,17,25H2. The Morgan fingerprint density at radius 2 is 1.46 bits per heavy atom. The minimum atomic E-state index is -0.294. The number of rotatable bonds is 4. The number of allylic oxidation sites excluding steroid dienone is 1. The molecular weight excluding hydrogens is 316 g/mol. The maximum absolute atomic E-state index is 5.89. The van der Waals surface area contributed by atoms with Crippen LogP contribution < -0.4 is 5.73 Å². The predicted octanol–water partition coefficient (Wildman–Crippen LogP) is 4.81. The van der Waals surface area contributed by atoms with E-state index in [1.165, 1.54) is 16.7 Å². The number of benzene rings is 3. The molecule has 0 bridgehead atoms. The first-order chi connectivity index (χ1) is 12.8. The Kier molecular flexibility index (Phi) is 4.51. The lowest BCUT2D eigenvalue weighted by Gasteiger charge is -2.39. The highest BCUT2D eigenvalue weighted by molar-refractivity contribution is 5.77. The monoisotopic (exact) mass is 338 g/mol. The van der Waals surface area contributed by atoms with Crippen molar-refractivity contribution in [2.75, 3.05) is 0 Å². The first kappa shape index (κ1) is 16.5. The Labute approximate surface area is 154 Å². The lowest BCUT2D eigenvalue weighted by molar-refractivity contribution is 0.594. The van der Waals surface area contributed by atoms with Gasteiger partial charge >= 0.3 is 0 Å². The molecule has 26 heavy (non-hydrogen) atoms. The van der Waals surface area contributed by atoms with Crippen LogP contribution in [0.15, 0.2) is 102 Å². The van der Waals surface area contributed by atoms with Crippen molar-refractivity contribution in [3.05, 3.63) is 119 Å². The molecule has 0 saturated heterocycles. The van der Waals surface area contributed by atoms with Crippen molar-refractivity contribution in [2.24, 2.45) is 10.7 Å². The highest BCUT2D eigenvalue weighted by Crippen LogP contribution is 2.46. The maximum Gasteiger partial charge on any atom is 0.0517 e. The Hall–Kier alpha value is -2.97. The molecule has 128 valence electrons. The van der Waals surface area contributed by atoms with Crippen LogP contribution in [0.5, 0.6) is 0 Å². The van der Waals surface area contributed by atoms with Crippen molar-refractivity contribution in [1.29, 1.82) is 0 Å². The molecule has 2 N–H and O–H groups in total. The summed E-state index contributed by atoms with van der Waals surface area (Å²) in [5.41, 5.74) is 10.5.